The molecule has 1 fully saturated rings. The van der Waals surface area contributed by atoms with Gasteiger partial charge in [-0.3, -0.25) is 0 Å². The van der Waals surface area contributed by atoms with E-state index in [4.69, 9.17) is 0 Å². The van der Waals surface area contributed by atoms with Gasteiger partial charge in [0.05, 0.1) is 17.8 Å². The van der Waals surface area contributed by atoms with Gasteiger partial charge < -0.3 is 15.7 Å². The summed E-state index contributed by atoms with van der Waals surface area (Å²) in [6.45, 7) is 1.97. The van der Waals surface area contributed by atoms with Crippen LogP contribution in [0, 0.1) is 6.92 Å². The monoisotopic (exact) mass is 300 g/mol. The highest BCUT2D eigenvalue weighted by atomic mass is 16.3. The smallest absolute Gasteiger partial charge is 0.319 e. The Labute approximate surface area is 129 Å². The van der Waals surface area contributed by atoms with Crippen molar-refractivity contribution >= 4 is 11.7 Å². The second-order valence-electron chi connectivity index (χ2n) is 5.64. The Hall–Kier alpha value is -2.34. The summed E-state index contributed by atoms with van der Waals surface area (Å²) < 4.78 is 1.81. The van der Waals surface area contributed by atoms with Gasteiger partial charge in [-0.25, -0.2) is 9.48 Å². The highest BCUT2D eigenvalue weighted by Gasteiger charge is 2.26. The van der Waals surface area contributed by atoms with Crippen LogP contribution in [0.4, 0.5) is 10.5 Å². The van der Waals surface area contributed by atoms with Crippen LogP contribution in [0.1, 0.15) is 25.0 Å². The Morgan fingerprint density at radius 1 is 1.36 bits per heavy atom. The number of carbonyl (C=O) groups is 1. The number of carbonyl (C=O) groups excluding carboxylic acids is 1. The lowest BCUT2D eigenvalue weighted by Crippen LogP contribution is -2.42. The molecule has 6 nitrogen and oxygen atoms in total. The summed E-state index contributed by atoms with van der Waals surface area (Å²) in [5, 5.41) is 19.6. The molecule has 1 aromatic carbocycles. The number of aliphatic hydroxyl groups is 1. The second-order valence-corrected chi connectivity index (χ2v) is 5.64. The van der Waals surface area contributed by atoms with Crippen molar-refractivity contribution in [2.75, 3.05) is 5.32 Å². The minimum Gasteiger partial charge on any atom is -0.391 e. The molecule has 1 aliphatic rings. The van der Waals surface area contributed by atoms with Gasteiger partial charge in [0, 0.05) is 17.6 Å². The Balaban J connectivity index is 1.68. The fourth-order valence-electron chi connectivity index (χ4n) is 2.80. The van der Waals surface area contributed by atoms with E-state index in [2.05, 4.69) is 15.7 Å². The summed E-state index contributed by atoms with van der Waals surface area (Å²) in [7, 11) is 0. The van der Waals surface area contributed by atoms with Gasteiger partial charge in [-0.05, 0) is 50.5 Å². The van der Waals surface area contributed by atoms with Gasteiger partial charge in [0.1, 0.15) is 0 Å². The topological polar surface area (TPSA) is 79.2 Å². The molecule has 1 aromatic heterocycles. The highest BCUT2D eigenvalue weighted by molar-refractivity contribution is 5.89. The van der Waals surface area contributed by atoms with E-state index in [-0.39, 0.29) is 12.1 Å². The van der Waals surface area contributed by atoms with E-state index in [0.29, 0.717) is 5.69 Å². The van der Waals surface area contributed by atoms with Gasteiger partial charge in [-0.1, -0.05) is 6.07 Å². The van der Waals surface area contributed by atoms with Gasteiger partial charge in [0.25, 0.3) is 0 Å². The second kappa shape index (κ2) is 6.19. The number of aryl methyl sites for hydroxylation is 1. The molecule has 6 heteroatoms. The maximum atomic E-state index is 12.0. The van der Waals surface area contributed by atoms with Crippen LogP contribution in [-0.2, 0) is 0 Å². The normalized spacial score (nSPS) is 20.8. The Morgan fingerprint density at radius 2 is 2.23 bits per heavy atom. The number of amides is 2. The molecule has 3 N–H and O–H groups in total. The Bertz CT molecular complexity index is 668. The molecule has 0 spiro atoms. The molecule has 1 aliphatic carbocycles. The molecule has 0 saturated heterocycles. The molecule has 2 amide bonds. The first-order valence-electron chi connectivity index (χ1n) is 7.50. The van der Waals surface area contributed by atoms with Crippen molar-refractivity contribution in [3.05, 3.63) is 42.2 Å². The number of hydrogen-bond donors (Lipinski definition) is 3. The standard InChI is InChI=1S/C16H20N4O2/c1-11-8-9-17-20(11)13-5-2-4-12(10-13)18-16(22)19-14-6-3-7-15(14)21/h2,4-5,8-10,14-15,21H,3,6-7H2,1H3,(H2,18,19,22)/t14-,15-/m1/s1. The van der Waals surface area contributed by atoms with Gasteiger partial charge in [-0.2, -0.15) is 5.10 Å². The molecule has 1 heterocycles. The molecule has 1 saturated carbocycles. The summed E-state index contributed by atoms with van der Waals surface area (Å²) >= 11 is 0. The largest absolute Gasteiger partial charge is 0.391 e. The van der Waals surface area contributed by atoms with Crippen molar-refractivity contribution in [2.45, 2.75) is 38.3 Å². The predicted molar refractivity (Wildman–Crippen MR) is 84.1 cm³/mol. The van der Waals surface area contributed by atoms with Crippen LogP contribution in [-0.4, -0.2) is 33.1 Å². The van der Waals surface area contributed by atoms with E-state index in [1.54, 1.807) is 6.20 Å². The zero-order valence-corrected chi connectivity index (χ0v) is 12.5. The van der Waals surface area contributed by atoms with E-state index < -0.39 is 6.10 Å². The Kier molecular flexibility index (Phi) is 4.11. The maximum Gasteiger partial charge on any atom is 0.319 e. The molecule has 0 bridgehead atoms. The van der Waals surface area contributed by atoms with E-state index in [9.17, 15) is 9.90 Å². The van der Waals surface area contributed by atoms with E-state index in [1.165, 1.54) is 0 Å². The highest BCUT2D eigenvalue weighted by Crippen LogP contribution is 2.19. The van der Waals surface area contributed by atoms with Crippen LogP contribution in [0.5, 0.6) is 0 Å². The average Bonchev–Trinajstić information content (AvgIpc) is 3.08. The third-order valence-electron chi connectivity index (χ3n) is 3.98. The summed E-state index contributed by atoms with van der Waals surface area (Å²) in [6, 6.07) is 8.98. The van der Waals surface area contributed by atoms with Crippen LogP contribution in [0.2, 0.25) is 0 Å². The van der Waals surface area contributed by atoms with Crippen LogP contribution >= 0.6 is 0 Å². The van der Waals surface area contributed by atoms with Crippen molar-refractivity contribution in [3.8, 4) is 5.69 Å². The molecule has 2 atom stereocenters. The third kappa shape index (κ3) is 3.12. The first kappa shape index (κ1) is 14.6. The molecule has 0 unspecified atom stereocenters. The summed E-state index contributed by atoms with van der Waals surface area (Å²) in [5.74, 6) is 0. The number of aliphatic hydroxyl groups excluding tert-OH is 1. The van der Waals surface area contributed by atoms with Gasteiger partial charge >= 0.3 is 6.03 Å². The van der Waals surface area contributed by atoms with E-state index >= 15 is 0 Å². The number of nitrogens with zero attached hydrogens (tertiary/aromatic N) is 2. The molecular weight excluding hydrogens is 280 g/mol. The number of urea groups is 1. The lowest BCUT2D eigenvalue weighted by Gasteiger charge is -2.17. The Morgan fingerprint density at radius 3 is 2.91 bits per heavy atom. The number of rotatable bonds is 3. The predicted octanol–water partition coefficient (Wildman–Crippen LogP) is 2.22. The van der Waals surface area contributed by atoms with E-state index in [0.717, 1.165) is 30.6 Å². The quantitative estimate of drug-likeness (QED) is 0.813. The van der Waals surface area contributed by atoms with Gasteiger partial charge in [0.15, 0.2) is 0 Å². The molecular formula is C16H20N4O2. The molecule has 0 aliphatic heterocycles. The van der Waals surface area contributed by atoms with Gasteiger partial charge in [0.2, 0.25) is 0 Å². The minimum atomic E-state index is -0.441. The minimum absolute atomic E-state index is 0.156. The van der Waals surface area contributed by atoms with E-state index in [1.807, 2.05) is 41.9 Å². The van der Waals surface area contributed by atoms with Crippen LogP contribution in [0.15, 0.2) is 36.5 Å². The molecule has 2 aromatic rings. The summed E-state index contributed by atoms with van der Waals surface area (Å²) in [5.41, 5.74) is 2.61. The molecule has 22 heavy (non-hydrogen) atoms. The number of aromatic nitrogens is 2. The molecule has 3 rings (SSSR count). The van der Waals surface area contributed by atoms with Crippen LogP contribution in [0.25, 0.3) is 5.69 Å². The fourth-order valence-corrected chi connectivity index (χ4v) is 2.80. The van der Waals surface area contributed by atoms with Gasteiger partial charge in [-0.15, -0.1) is 0 Å². The van der Waals surface area contributed by atoms with Crippen molar-refractivity contribution in [2.24, 2.45) is 0 Å². The number of nitrogens with one attached hydrogen (secondary N) is 2. The van der Waals surface area contributed by atoms with Crippen molar-refractivity contribution < 1.29 is 9.90 Å². The zero-order valence-electron chi connectivity index (χ0n) is 12.5. The lowest BCUT2D eigenvalue weighted by atomic mass is 10.2. The number of hydrogen-bond acceptors (Lipinski definition) is 3. The first-order valence-corrected chi connectivity index (χ1v) is 7.50. The number of anilines is 1. The van der Waals surface area contributed by atoms with Crippen molar-refractivity contribution in [1.29, 1.82) is 0 Å². The van der Waals surface area contributed by atoms with Crippen molar-refractivity contribution in [1.82, 2.24) is 15.1 Å². The number of benzene rings is 1. The summed E-state index contributed by atoms with van der Waals surface area (Å²) in [4.78, 5) is 12.0. The first-order chi connectivity index (χ1) is 10.6. The SMILES string of the molecule is Cc1ccnn1-c1cccc(NC(=O)N[C@@H]2CCC[C@H]2O)c1. The average molecular weight is 300 g/mol. The zero-order chi connectivity index (χ0) is 15.5. The van der Waals surface area contributed by atoms with Crippen LogP contribution < -0.4 is 10.6 Å². The maximum absolute atomic E-state index is 12.0. The fraction of sp³-hybridized carbons (Fsp3) is 0.375. The van der Waals surface area contributed by atoms with Crippen molar-refractivity contribution in [3.63, 3.8) is 0 Å². The third-order valence-corrected chi connectivity index (χ3v) is 3.98. The van der Waals surface area contributed by atoms with Crippen LogP contribution in [0.3, 0.4) is 0 Å². The molecule has 0 radical (unpaired) electrons. The molecule has 116 valence electrons. The summed E-state index contributed by atoms with van der Waals surface area (Å²) in [6.07, 6.45) is 3.81. The lowest BCUT2D eigenvalue weighted by molar-refractivity contribution is 0.151.